The van der Waals surface area contributed by atoms with Crippen LogP contribution in [0.15, 0.2) is 42.5 Å². The summed E-state index contributed by atoms with van der Waals surface area (Å²) in [5.74, 6) is 3.10. The molecule has 19 heavy (non-hydrogen) atoms. The summed E-state index contributed by atoms with van der Waals surface area (Å²) < 4.78 is 0. The third kappa shape index (κ3) is 0.900. The van der Waals surface area contributed by atoms with Gasteiger partial charge >= 0.3 is 0 Å². The molecular weight excluding hydrogens is 230 g/mol. The molecule has 1 heteroatoms. The van der Waals surface area contributed by atoms with Crippen LogP contribution in [0.4, 0.5) is 0 Å². The van der Waals surface area contributed by atoms with Gasteiger partial charge < -0.3 is 0 Å². The molecule has 5 rings (SSSR count). The van der Waals surface area contributed by atoms with Crippen LogP contribution in [0, 0.1) is 40.9 Å². The Labute approximate surface area is 113 Å². The Morgan fingerprint density at radius 1 is 1.11 bits per heavy atom. The van der Waals surface area contributed by atoms with Crippen LogP contribution in [-0.2, 0) is 5.41 Å². The first-order chi connectivity index (χ1) is 9.36. The summed E-state index contributed by atoms with van der Waals surface area (Å²) in [4.78, 5) is 0. The summed E-state index contributed by atoms with van der Waals surface area (Å²) in [5.41, 5.74) is 2.30. The number of hydrogen-bond acceptors (Lipinski definition) is 1. The summed E-state index contributed by atoms with van der Waals surface area (Å²) in [5, 5.41) is 9.99. The normalized spacial score (nSPS) is 47.0. The molecule has 0 radical (unpaired) electrons. The van der Waals surface area contributed by atoms with Crippen molar-refractivity contribution in [3.8, 4) is 6.07 Å². The number of fused-ring (bicyclic) bond motifs is 10. The predicted octanol–water partition coefficient (Wildman–Crippen LogP) is 3.54. The van der Waals surface area contributed by atoms with Gasteiger partial charge in [0.25, 0.3) is 0 Å². The van der Waals surface area contributed by atoms with Crippen molar-refractivity contribution >= 4 is 6.08 Å². The number of allylic oxidation sites excluding steroid dienone is 3. The fourth-order valence-electron chi connectivity index (χ4n) is 5.47. The minimum atomic E-state index is -0.236. The van der Waals surface area contributed by atoms with Gasteiger partial charge in [0.15, 0.2) is 0 Å². The van der Waals surface area contributed by atoms with E-state index in [1.165, 1.54) is 17.5 Å². The van der Waals surface area contributed by atoms with Crippen LogP contribution < -0.4 is 0 Å². The first kappa shape index (κ1) is 10.0. The summed E-state index contributed by atoms with van der Waals surface area (Å²) in [6.45, 7) is 0. The van der Waals surface area contributed by atoms with Crippen LogP contribution >= 0.6 is 0 Å². The van der Waals surface area contributed by atoms with Crippen molar-refractivity contribution in [3.05, 3.63) is 53.6 Å². The fraction of sp³-hybridized carbons (Fsp3) is 0.389. The number of nitriles is 1. The zero-order chi connectivity index (χ0) is 12.6. The quantitative estimate of drug-likeness (QED) is 0.641. The molecule has 2 fully saturated rings. The lowest BCUT2D eigenvalue weighted by atomic mass is 9.41. The van der Waals surface area contributed by atoms with Crippen molar-refractivity contribution in [2.45, 2.75) is 11.8 Å². The van der Waals surface area contributed by atoms with Crippen molar-refractivity contribution < 1.29 is 0 Å². The molecule has 4 aliphatic carbocycles. The highest BCUT2D eigenvalue weighted by Crippen LogP contribution is 2.71. The van der Waals surface area contributed by atoms with E-state index >= 15 is 0 Å². The molecule has 0 N–H and O–H groups in total. The lowest BCUT2D eigenvalue weighted by molar-refractivity contribution is 0.00215. The van der Waals surface area contributed by atoms with Crippen molar-refractivity contribution in [3.63, 3.8) is 0 Å². The maximum Gasteiger partial charge on any atom is 0.0930 e. The number of benzene rings is 1. The van der Waals surface area contributed by atoms with Crippen molar-refractivity contribution in [1.29, 1.82) is 5.26 Å². The van der Waals surface area contributed by atoms with Crippen molar-refractivity contribution in [2.75, 3.05) is 0 Å². The Morgan fingerprint density at radius 2 is 1.95 bits per heavy atom. The fourth-order valence-corrected chi connectivity index (χ4v) is 5.47. The molecule has 6 atom stereocenters. The van der Waals surface area contributed by atoms with E-state index in [0.29, 0.717) is 17.8 Å². The standard InChI is InChI=1S/C18H15N/c19-10-18-14-4-2-1-3-11(14)7-8-15(18)16-12-5-6-13(9-12)17(16)18/h1-8,12-13,15-17H,9H2/t12-,13+,15+,16-,17-,18+/m0/s1. The molecule has 0 aliphatic heterocycles. The molecule has 4 aliphatic rings. The molecule has 0 spiro atoms. The van der Waals surface area contributed by atoms with Gasteiger partial charge in [-0.2, -0.15) is 5.26 Å². The van der Waals surface area contributed by atoms with E-state index in [4.69, 9.17) is 0 Å². The topological polar surface area (TPSA) is 23.8 Å². The van der Waals surface area contributed by atoms with Gasteiger partial charge in [-0.25, -0.2) is 0 Å². The maximum absolute atomic E-state index is 9.99. The van der Waals surface area contributed by atoms with Crippen LogP contribution in [0.3, 0.4) is 0 Å². The maximum atomic E-state index is 9.99. The monoisotopic (exact) mass is 245 g/mol. The minimum absolute atomic E-state index is 0.236. The zero-order valence-electron chi connectivity index (χ0n) is 10.7. The molecule has 92 valence electrons. The molecule has 0 amide bonds. The van der Waals surface area contributed by atoms with Gasteiger partial charge in [-0.15, -0.1) is 0 Å². The van der Waals surface area contributed by atoms with E-state index < -0.39 is 0 Å². The van der Waals surface area contributed by atoms with E-state index in [0.717, 1.165) is 11.8 Å². The highest BCUT2D eigenvalue weighted by Gasteiger charge is 2.70. The SMILES string of the molecule is N#C[C@@]12c3ccccc3C=C[C@@H]1[C@H]1[C@@H]2[C@@H]2C=C[C@H]1C2. The molecule has 2 saturated carbocycles. The molecule has 1 aromatic carbocycles. The largest absolute Gasteiger partial charge is 0.197 e. The second-order valence-electron chi connectivity index (χ2n) is 6.50. The summed E-state index contributed by atoms with van der Waals surface area (Å²) in [7, 11) is 0. The Hall–Kier alpha value is -1.81. The second-order valence-corrected chi connectivity index (χ2v) is 6.50. The minimum Gasteiger partial charge on any atom is -0.197 e. The van der Waals surface area contributed by atoms with Gasteiger partial charge in [0, 0.05) is 5.92 Å². The van der Waals surface area contributed by atoms with Gasteiger partial charge in [-0.3, -0.25) is 0 Å². The first-order valence-electron chi connectivity index (χ1n) is 7.23. The second kappa shape index (κ2) is 3.02. The Balaban J connectivity index is 1.77. The molecule has 1 aromatic rings. The van der Waals surface area contributed by atoms with Crippen molar-refractivity contribution in [1.82, 2.24) is 0 Å². The van der Waals surface area contributed by atoms with Gasteiger partial charge in [0.1, 0.15) is 0 Å². The number of hydrogen-bond donors (Lipinski definition) is 0. The smallest absolute Gasteiger partial charge is 0.0930 e. The first-order valence-corrected chi connectivity index (χ1v) is 7.23. The van der Waals surface area contributed by atoms with E-state index in [1.54, 1.807) is 0 Å². The Morgan fingerprint density at radius 3 is 2.84 bits per heavy atom. The highest BCUT2D eigenvalue weighted by atomic mass is 14.7. The van der Waals surface area contributed by atoms with E-state index in [9.17, 15) is 5.26 Å². The molecule has 0 heterocycles. The average Bonchev–Trinajstić information content (AvgIpc) is 3.00. The molecule has 0 saturated heterocycles. The van der Waals surface area contributed by atoms with E-state index in [1.807, 2.05) is 0 Å². The molecule has 0 aromatic heterocycles. The third-order valence-electron chi connectivity index (χ3n) is 6.06. The van der Waals surface area contributed by atoms with Gasteiger partial charge in [0.05, 0.1) is 11.5 Å². The molecule has 2 bridgehead atoms. The highest BCUT2D eigenvalue weighted by molar-refractivity contribution is 5.65. The Kier molecular flexibility index (Phi) is 1.59. The van der Waals surface area contributed by atoms with Gasteiger partial charge in [0.2, 0.25) is 0 Å². The molecule has 1 nitrogen and oxygen atoms in total. The third-order valence-corrected chi connectivity index (χ3v) is 6.06. The average molecular weight is 245 g/mol. The van der Waals surface area contributed by atoms with Crippen LogP contribution in [0.25, 0.3) is 6.08 Å². The number of nitrogens with zero attached hydrogens (tertiary/aromatic N) is 1. The lowest BCUT2D eigenvalue weighted by Gasteiger charge is -2.59. The van der Waals surface area contributed by atoms with Crippen molar-refractivity contribution in [2.24, 2.45) is 29.6 Å². The van der Waals surface area contributed by atoms with Gasteiger partial charge in [-0.05, 0) is 41.2 Å². The van der Waals surface area contributed by atoms with Crippen LogP contribution in [0.2, 0.25) is 0 Å². The molecular formula is C18H15N. The van der Waals surface area contributed by atoms with Gasteiger partial charge in [-0.1, -0.05) is 48.6 Å². The summed E-state index contributed by atoms with van der Waals surface area (Å²) >= 11 is 0. The predicted molar refractivity (Wildman–Crippen MR) is 74.0 cm³/mol. The van der Waals surface area contributed by atoms with E-state index in [-0.39, 0.29) is 5.41 Å². The Bertz CT molecular complexity index is 677. The lowest BCUT2D eigenvalue weighted by Crippen LogP contribution is -2.61. The van der Waals surface area contributed by atoms with E-state index in [2.05, 4.69) is 54.6 Å². The summed E-state index contributed by atoms with van der Waals surface area (Å²) in [6.07, 6.45) is 10.6. The number of rotatable bonds is 0. The summed E-state index contributed by atoms with van der Waals surface area (Å²) in [6, 6.07) is 11.2. The van der Waals surface area contributed by atoms with Crippen LogP contribution in [-0.4, -0.2) is 0 Å². The molecule has 0 unspecified atom stereocenters. The van der Waals surface area contributed by atoms with Crippen LogP contribution in [0.5, 0.6) is 0 Å². The zero-order valence-corrected chi connectivity index (χ0v) is 10.7. The van der Waals surface area contributed by atoms with Crippen LogP contribution in [0.1, 0.15) is 17.5 Å².